The molecule has 0 unspecified atom stereocenters. The van der Waals surface area contributed by atoms with Crippen LogP contribution < -0.4 is 5.32 Å². The summed E-state index contributed by atoms with van der Waals surface area (Å²) in [5.74, 6) is -0.0233. The van der Waals surface area contributed by atoms with Gasteiger partial charge >= 0.3 is 5.97 Å². The summed E-state index contributed by atoms with van der Waals surface area (Å²) in [4.78, 5) is 26.3. The molecule has 1 amide bonds. The Hall–Kier alpha value is -1.62. The number of pyridine rings is 1. The van der Waals surface area contributed by atoms with Gasteiger partial charge in [-0.2, -0.15) is 0 Å². The molecule has 0 radical (unpaired) electrons. The smallest absolute Gasteiger partial charge is 0.339 e. The van der Waals surface area contributed by atoms with E-state index in [1.807, 2.05) is 0 Å². The number of carbonyl (C=O) groups is 2. The van der Waals surface area contributed by atoms with Crippen molar-refractivity contribution in [2.75, 3.05) is 6.54 Å². The fraction of sp³-hybridized carbons (Fsp3) is 0.462. The van der Waals surface area contributed by atoms with Crippen LogP contribution in [0, 0.1) is 5.92 Å². The zero-order chi connectivity index (χ0) is 13.8. The number of hydrogen-bond acceptors (Lipinski definition) is 4. The number of aromatic nitrogens is 1. The lowest BCUT2D eigenvalue weighted by atomic mass is 9.82. The zero-order valence-corrected chi connectivity index (χ0v) is 11.3. The molecule has 6 heteroatoms. The van der Waals surface area contributed by atoms with Crippen molar-refractivity contribution in [1.29, 1.82) is 0 Å². The predicted molar refractivity (Wildman–Crippen MR) is 69.9 cm³/mol. The summed E-state index contributed by atoms with van der Waals surface area (Å²) in [6.07, 6.45) is 2.90. The Morgan fingerprint density at radius 3 is 2.79 bits per heavy atom. The zero-order valence-electron chi connectivity index (χ0n) is 10.6. The van der Waals surface area contributed by atoms with E-state index in [0.717, 1.165) is 12.8 Å². The molecule has 2 rings (SSSR count). The van der Waals surface area contributed by atoms with Crippen LogP contribution in [-0.2, 0) is 9.53 Å². The van der Waals surface area contributed by atoms with Crippen LogP contribution in [0.2, 0.25) is 5.15 Å². The van der Waals surface area contributed by atoms with Crippen LogP contribution in [0.15, 0.2) is 18.3 Å². The molecule has 5 nitrogen and oxygen atoms in total. The molecule has 102 valence electrons. The van der Waals surface area contributed by atoms with Gasteiger partial charge in [0, 0.05) is 19.7 Å². The Labute approximate surface area is 116 Å². The molecular formula is C13H15ClN2O3. The highest BCUT2D eigenvalue weighted by molar-refractivity contribution is 6.29. The fourth-order valence-corrected chi connectivity index (χ4v) is 2.05. The lowest BCUT2D eigenvalue weighted by Gasteiger charge is -2.34. The molecule has 0 saturated heterocycles. The van der Waals surface area contributed by atoms with Gasteiger partial charge in [0.15, 0.2) is 0 Å². The number of nitrogens with zero attached hydrogens (tertiary/aromatic N) is 1. The van der Waals surface area contributed by atoms with E-state index in [2.05, 4.69) is 10.3 Å². The fourth-order valence-electron chi connectivity index (χ4n) is 1.94. The third-order valence-electron chi connectivity index (χ3n) is 3.07. The highest BCUT2D eigenvalue weighted by Gasteiger charge is 2.32. The summed E-state index contributed by atoms with van der Waals surface area (Å²) >= 11 is 5.64. The standard InChI is InChI=1S/C13H15ClN2O3/c1-8(17)15-6-9-4-11(5-9)19-13(18)10-2-3-12(14)16-7-10/h2-3,7,9,11H,4-6H2,1H3,(H,15,17). The molecule has 0 spiro atoms. The Kier molecular flexibility index (Phi) is 4.37. The summed E-state index contributed by atoms with van der Waals surface area (Å²) in [6.45, 7) is 2.13. The van der Waals surface area contributed by atoms with Crippen molar-refractivity contribution in [1.82, 2.24) is 10.3 Å². The molecule has 1 aromatic rings. The second kappa shape index (κ2) is 6.02. The number of nitrogens with one attached hydrogen (secondary N) is 1. The SMILES string of the molecule is CC(=O)NCC1CC(OC(=O)c2ccc(Cl)nc2)C1. The molecule has 1 aliphatic rings. The van der Waals surface area contributed by atoms with Crippen molar-refractivity contribution in [3.05, 3.63) is 29.0 Å². The van der Waals surface area contributed by atoms with Crippen LogP contribution in [0.1, 0.15) is 30.1 Å². The van der Waals surface area contributed by atoms with E-state index >= 15 is 0 Å². The summed E-state index contributed by atoms with van der Waals surface area (Å²) < 4.78 is 5.31. The van der Waals surface area contributed by atoms with E-state index in [9.17, 15) is 9.59 Å². The Morgan fingerprint density at radius 2 is 2.21 bits per heavy atom. The van der Waals surface area contributed by atoms with Gasteiger partial charge in [-0.3, -0.25) is 4.79 Å². The van der Waals surface area contributed by atoms with Crippen LogP contribution in [0.4, 0.5) is 0 Å². The van der Waals surface area contributed by atoms with E-state index in [4.69, 9.17) is 16.3 Å². The lowest BCUT2D eigenvalue weighted by molar-refractivity contribution is -0.119. The van der Waals surface area contributed by atoms with Crippen LogP contribution in [0.25, 0.3) is 0 Å². The van der Waals surface area contributed by atoms with E-state index < -0.39 is 0 Å². The minimum atomic E-state index is -0.382. The van der Waals surface area contributed by atoms with Crippen LogP contribution >= 0.6 is 11.6 Å². The summed E-state index contributed by atoms with van der Waals surface area (Å²) in [5, 5.41) is 3.10. The minimum Gasteiger partial charge on any atom is -0.459 e. The molecule has 1 heterocycles. The highest BCUT2D eigenvalue weighted by atomic mass is 35.5. The topological polar surface area (TPSA) is 68.3 Å². The molecule has 0 aliphatic heterocycles. The van der Waals surface area contributed by atoms with E-state index in [-0.39, 0.29) is 18.0 Å². The van der Waals surface area contributed by atoms with Gasteiger partial charge in [0.1, 0.15) is 11.3 Å². The van der Waals surface area contributed by atoms with Crippen molar-refractivity contribution >= 4 is 23.5 Å². The van der Waals surface area contributed by atoms with E-state index in [1.54, 1.807) is 12.1 Å². The van der Waals surface area contributed by atoms with Crippen molar-refractivity contribution < 1.29 is 14.3 Å². The van der Waals surface area contributed by atoms with E-state index in [1.165, 1.54) is 13.1 Å². The number of halogens is 1. The van der Waals surface area contributed by atoms with Gasteiger partial charge in [-0.05, 0) is 30.9 Å². The Morgan fingerprint density at radius 1 is 1.47 bits per heavy atom. The number of carbonyl (C=O) groups excluding carboxylic acids is 2. The van der Waals surface area contributed by atoms with Crippen molar-refractivity contribution in [3.63, 3.8) is 0 Å². The normalized spacial score (nSPS) is 21.4. The quantitative estimate of drug-likeness (QED) is 0.675. The third-order valence-corrected chi connectivity index (χ3v) is 3.29. The predicted octanol–water partition coefficient (Wildman–Crippen LogP) is 1.81. The number of amides is 1. The van der Waals surface area contributed by atoms with Gasteiger partial charge < -0.3 is 10.1 Å². The molecule has 1 N–H and O–H groups in total. The minimum absolute atomic E-state index is 0.0346. The first kappa shape index (κ1) is 13.8. The maximum absolute atomic E-state index is 11.8. The van der Waals surface area contributed by atoms with Gasteiger partial charge in [-0.25, -0.2) is 9.78 Å². The van der Waals surface area contributed by atoms with Gasteiger partial charge in [-0.15, -0.1) is 0 Å². The highest BCUT2D eigenvalue weighted by Crippen LogP contribution is 2.30. The monoisotopic (exact) mass is 282 g/mol. The summed E-state index contributed by atoms with van der Waals surface area (Å²) in [6, 6.07) is 3.14. The van der Waals surface area contributed by atoms with Gasteiger partial charge in [0.2, 0.25) is 5.91 Å². The molecule has 0 aromatic carbocycles. The van der Waals surface area contributed by atoms with Gasteiger partial charge in [-0.1, -0.05) is 11.6 Å². The van der Waals surface area contributed by atoms with Gasteiger partial charge in [0.05, 0.1) is 5.56 Å². The lowest BCUT2D eigenvalue weighted by Crippen LogP contribution is -2.40. The van der Waals surface area contributed by atoms with Crippen molar-refractivity contribution in [2.45, 2.75) is 25.9 Å². The number of ether oxygens (including phenoxy) is 1. The van der Waals surface area contributed by atoms with Crippen LogP contribution in [0.3, 0.4) is 0 Å². The molecule has 0 atom stereocenters. The van der Waals surface area contributed by atoms with Crippen LogP contribution in [-0.4, -0.2) is 29.5 Å². The molecule has 1 fully saturated rings. The first-order valence-corrected chi connectivity index (χ1v) is 6.49. The average Bonchev–Trinajstić information content (AvgIpc) is 2.32. The van der Waals surface area contributed by atoms with Crippen molar-refractivity contribution in [3.8, 4) is 0 Å². The largest absolute Gasteiger partial charge is 0.459 e. The maximum Gasteiger partial charge on any atom is 0.339 e. The number of rotatable bonds is 4. The second-order valence-corrected chi connectivity index (χ2v) is 5.06. The molecule has 0 bridgehead atoms. The summed E-state index contributed by atoms with van der Waals surface area (Å²) in [5.41, 5.74) is 0.398. The molecule has 1 saturated carbocycles. The first-order chi connectivity index (χ1) is 9.04. The first-order valence-electron chi connectivity index (χ1n) is 6.11. The molecule has 1 aromatic heterocycles. The van der Waals surface area contributed by atoms with Crippen LogP contribution in [0.5, 0.6) is 0 Å². The van der Waals surface area contributed by atoms with E-state index in [0.29, 0.717) is 23.2 Å². The third kappa shape index (κ3) is 3.92. The molecule has 19 heavy (non-hydrogen) atoms. The Balaban J connectivity index is 1.73. The van der Waals surface area contributed by atoms with Crippen molar-refractivity contribution in [2.24, 2.45) is 5.92 Å². The molecule has 1 aliphatic carbocycles. The average molecular weight is 283 g/mol. The second-order valence-electron chi connectivity index (χ2n) is 4.67. The number of hydrogen-bond donors (Lipinski definition) is 1. The number of esters is 1. The van der Waals surface area contributed by atoms with Gasteiger partial charge in [0.25, 0.3) is 0 Å². The summed E-state index contributed by atoms with van der Waals surface area (Å²) in [7, 11) is 0. The Bertz CT molecular complexity index is 469. The maximum atomic E-state index is 11.8. The molecular weight excluding hydrogens is 268 g/mol.